The molecule has 2 atom stereocenters. The van der Waals surface area contributed by atoms with Crippen LogP contribution in [0.5, 0.6) is 5.75 Å². The van der Waals surface area contributed by atoms with Crippen LogP contribution in [0.2, 0.25) is 10.0 Å². The van der Waals surface area contributed by atoms with Crippen molar-refractivity contribution >= 4 is 58.5 Å². The van der Waals surface area contributed by atoms with E-state index < -0.39 is 17.8 Å². The first-order valence-corrected chi connectivity index (χ1v) is 17.7. The number of anilines is 2. The molecule has 0 spiro atoms. The van der Waals surface area contributed by atoms with E-state index in [0.717, 1.165) is 47.5 Å². The number of nitrogens with one attached hydrogen (secondary N) is 1. The Morgan fingerprint density at radius 3 is 1.94 bits per heavy atom. The number of rotatable bonds is 7. The van der Waals surface area contributed by atoms with Crippen LogP contribution in [0.25, 0.3) is 6.08 Å². The molecular formula is C42H33Cl2N3O4. The van der Waals surface area contributed by atoms with E-state index in [0.29, 0.717) is 27.0 Å². The Balaban J connectivity index is 1.16. The molecule has 7 nitrogen and oxygen atoms in total. The fourth-order valence-corrected chi connectivity index (χ4v) is 7.86. The number of carbonyl (C=O) groups is 3. The van der Waals surface area contributed by atoms with Crippen LogP contribution in [0.15, 0.2) is 121 Å². The number of hydrogen-bond acceptors (Lipinski definition) is 5. The summed E-state index contributed by atoms with van der Waals surface area (Å²) in [5.74, 6) is -0.870. The Morgan fingerprint density at radius 1 is 0.745 bits per heavy atom. The van der Waals surface area contributed by atoms with Gasteiger partial charge in [-0.2, -0.15) is 0 Å². The molecule has 51 heavy (non-hydrogen) atoms. The lowest BCUT2D eigenvalue weighted by molar-refractivity contribution is -0.122. The van der Waals surface area contributed by atoms with E-state index in [1.54, 1.807) is 30.3 Å². The summed E-state index contributed by atoms with van der Waals surface area (Å²) in [5, 5.41) is 3.35. The first-order valence-electron chi connectivity index (χ1n) is 16.9. The number of benzene rings is 5. The van der Waals surface area contributed by atoms with Crippen molar-refractivity contribution in [1.29, 1.82) is 0 Å². The van der Waals surface area contributed by atoms with E-state index in [1.807, 2.05) is 60.7 Å². The van der Waals surface area contributed by atoms with Gasteiger partial charge in [0.15, 0.2) is 0 Å². The number of carbonyl (C=O) groups excluding carboxylic acids is 3. The lowest BCUT2D eigenvalue weighted by atomic mass is 9.76. The highest BCUT2D eigenvalue weighted by Gasteiger charge is 2.40. The monoisotopic (exact) mass is 713 g/mol. The molecule has 9 heteroatoms. The van der Waals surface area contributed by atoms with E-state index >= 15 is 0 Å². The molecule has 0 radical (unpaired) electrons. The minimum atomic E-state index is -0.783. The minimum Gasteiger partial charge on any atom is -0.487 e. The summed E-state index contributed by atoms with van der Waals surface area (Å²) in [6, 6.07) is 36.2. The van der Waals surface area contributed by atoms with E-state index in [1.165, 1.54) is 22.9 Å². The van der Waals surface area contributed by atoms with Gasteiger partial charge in [0, 0.05) is 35.6 Å². The van der Waals surface area contributed by atoms with E-state index in [9.17, 15) is 14.4 Å². The number of urea groups is 1. The van der Waals surface area contributed by atoms with Gasteiger partial charge in [-0.05, 0) is 88.7 Å². The third-order valence-electron chi connectivity index (χ3n) is 9.93. The third-order valence-corrected chi connectivity index (χ3v) is 10.5. The standard InChI is InChI=1S/C42H33Cl2N3O4/c43-30-14-11-26(12-15-30)25-51-38-16-13-27(22-37(38)44)21-36-40(48)45-42(50)47(41(36)49)31-23-34-32(28-7-3-1-4-8-28)17-19-46-20-18-33(35(24-31)39(34)46)29-9-5-2-6-10-29/h1-16,21-24,32-33H,17-20,25H2,(H,45,48,50)/b36-21+/t32-,33-/m0/s1. The Morgan fingerprint density at radius 2 is 1.35 bits per heavy atom. The normalized spacial score (nSPS) is 19.2. The molecule has 1 N–H and O–H groups in total. The molecule has 0 saturated carbocycles. The number of imide groups is 2. The van der Waals surface area contributed by atoms with E-state index in [-0.39, 0.29) is 24.0 Å². The summed E-state index contributed by atoms with van der Waals surface area (Å²) in [5.41, 5.74) is 7.37. The van der Waals surface area contributed by atoms with Crippen LogP contribution in [0.3, 0.4) is 0 Å². The summed E-state index contributed by atoms with van der Waals surface area (Å²) in [4.78, 5) is 44.5. The summed E-state index contributed by atoms with van der Waals surface area (Å²) in [7, 11) is 0. The van der Waals surface area contributed by atoms with Crippen molar-refractivity contribution in [2.75, 3.05) is 22.9 Å². The second kappa shape index (κ2) is 13.7. The fourth-order valence-electron chi connectivity index (χ4n) is 7.49. The van der Waals surface area contributed by atoms with Crippen LogP contribution in [-0.4, -0.2) is 30.9 Å². The number of ether oxygens (including phenoxy) is 1. The molecule has 3 aliphatic rings. The average Bonchev–Trinajstić information content (AvgIpc) is 3.14. The number of nitrogens with zero attached hydrogens (tertiary/aromatic N) is 2. The van der Waals surface area contributed by atoms with Crippen molar-refractivity contribution in [3.05, 3.63) is 164 Å². The maximum absolute atomic E-state index is 14.2. The maximum atomic E-state index is 14.2. The highest BCUT2D eigenvalue weighted by molar-refractivity contribution is 6.39. The van der Waals surface area contributed by atoms with Crippen molar-refractivity contribution in [3.8, 4) is 5.75 Å². The van der Waals surface area contributed by atoms with Crippen molar-refractivity contribution in [3.63, 3.8) is 0 Å². The molecule has 0 aromatic heterocycles. The molecule has 0 unspecified atom stereocenters. The summed E-state index contributed by atoms with van der Waals surface area (Å²) in [6.07, 6.45) is 3.26. The molecular weight excluding hydrogens is 681 g/mol. The number of barbiturate groups is 1. The minimum absolute atomic E-state index is 0.0767. The summed E-state index contributed by atoms with van der Waals surface area (Å²) in [6.45, 7) is 2.11. The Kier molecular flexibility index (Phi) is 8.84. The van der Waals surface area contributed by atoms with Gasteiger partial charge in [-0.25, -0.2) is 9.69 Å². The molecule has 8 rings (SSSR count). The molecule has 5 aromatic carbocycles. The molecule has 1 saturated heterocycles. The van der Waals surface area contributed by atoms with E-state index in [4.69, 9.17) is 27.9 Å². The molecule has 5 aromatic rings. The Bertz CT molecular complexity index is 2120. The zero-order chi connectivity index (χ0) is 35.1. The SMILES string of the molecule is O=C1NC(=O)N(c2cc3c4c(c2)[C@H](c2ccccc2)CCN4CC[C@H]3c2ccccc2)C(=O)/C1=C/c1ccc(OCc2ccc(Cl)cc2)c(Cl)c1. The van der Waals surface area contributed by atoms with Gasteiger partial charge in [-0.3, -0.25) is 14.9 Å². The van der Waals surface area contributed by atoms with Gasteiger partial charge in [0.05, 0.1) is 10.7 Å². The van der Waals surface area contributed by atoms with Crippen LogP contribution >= 0.6 is 23.2 Å². The van der Waals surface area contributed by atoms with Gasteiger partial charge >= 0.3 is 6.03 Å². The quantitative estimate of drug-likeness (QED) is 0.134. The predicted octanol–water partition coefficient (Wildman–Crippen LogP) is 9.12. The van der Waals surface area contributed by atoms with Gasteiger partial charge in [-0.15, -0.1) is 0 Å². The molecule has 254 valence electrons. The Hall–Kier alpha value is -5.37. The van der Waals surface area contributed by atoms with Gasteiger partial charge in [0.2, 0.25) is 0 Å². The number of hydrogen-bond donors (Lipinski definition) is 1. The summed E-state index contributed by atoms with van der Waals surface area (Å²) >= 11 is 12.6. The molecule has 3 heterocycles. The fraction of sp³-hybridized carbons (Fsp3) is 0.167. The van der Waals surface area contributed by atoms with Crippen molar-refractivity contribution in [1.82, 2.24) is 5.32 Å². The molecule has 0 bridgehead atoms. The largest absolute Gasteiger partial charge is 0.487 e. The lowest BCUT2D eigenvalue weighted by Crippen LogP contribution is -2.54. The molecule has 0 aliphatic carbocycles. The Labute approximate surface area is 306 Å². The van der Waals surface area contributed by atoms with Crippen LogP contribution in [-0.2, 0) is 16.2 Å². The van der Waals surface area contributed by atoms with Gasteiger partial charge in [0.25, 0.3) is 11.8 Å². The first-order chi connectivity index (χ1) is 24.8. The second-order valence-corrected chi connectivity index (χ2v) is 13.9. The second-order valence-electron chi connectivity index (χ2n) is 13.0. The zero-order valence-electron chi connectivity index (χ0n) is 27.5. The van der Waals surface area contributed by atoms with E-state index in [2.05, 4.69) is 34.5 Å². The van der Waals surface area contributed by atoms with Gasteiger partial charge in [0.1, 0.15) is 17.9 Å². The molecule has 3 aliphatic heterocycles. The first kappa shape index (κ1) is 32.8. The number of halogens is 2. The van der Waals surface area contributed by atoms with Gasteiger partial charge in [-0.1, -0.05) is 102 Å². The smallest absolute Gasteiger partial charge is 0.335 e. The number of amides is 4. The topological polar surface area (TPSA) is 79.0 Å². The van der Waals surface area contributed by atoms with Crippen LogP contribution in [0, 0.1) is 0 Å². The summed E-state index contributed by atoms with van der Waals surface area (Å²) < 4.78 is 5.90. The maximum Gasteiger partial charge on any atom is 0.335 e. The van der Waals surface area contributed by atoms with Gasteiger partial charge < -0.3 is 9.64 Å². The lowest BCUT2D eigenvalue weighted by Gasteiger charge is -2.44. The highest BCUT2D eigenvalue weighted by atomic mass is 35.5. The highest BCUT2D eigenvalue weighted by Crippen LogP contribution is 2.50. The van der Waals surface area contributed by atoms with Crippen molar-refractivity contribution in [2.45, 2.75) is 31.3 Å². The van der Waals surface area contributed by atoms with Crippen LogP contribution in [0.4, 0.5) is 16.2 Å². The molecule has 4 amide bonds. The predicted molar refractivity (Wildman–Crippen MR) is 201 cm³/mol. The molecule has 1 fully saturated rings. The van der Waals surface area contributed by atoms with Crippen LogP contribution < -0.4 is 19.9 Å². The zero-order valence-corrected chi connectivity index (χ0v) is 29.0. The third kappa shape index (κ3) is 6.39. The van der Waals surface area contributed by atoms with Crippen molar-refractivity contribution in [2.24, 2.45) is 0 Å². The average molecular weight is 715 g/mol. The van der Waals surface area contributed by atoms with Crippen LogP contribution in [0.1, 0.15) is 58.1 Å². The van der Waals surface area contributed by atoms with Crippen molar-refractivity contribution < 1.29 is 19.1 Å².